The number of H-pyrrole nitrogens is 2. The Bertz CT molecular complexity index is 2310. The van der Waals surface area contributed by atoms with Crippen molar-refractivity contribution < 1.29 is 24.2 Å². The predicted molar refractivity (Wildman–Crippen MR) is 196 cm³/mol. The maximum Gasteiger partial charge on any atom is 0.303 e. The van der Waals surface area contributed by atoms with Crippen LogP contribution in [0.4, 0.5) is 0 Å². The number of ether oxygens (including phenoxy) is 1. The maximum absolute atomic E-state index is 13.7. The number of Topliss-reactive ketones (excluding diaryl/α,β-unsaturated/α-hetero) is 1. The highest BCUT2D eigenvalue weighted by Crippen LogP contribution is 2.48. The first-order valence-electron chi connectivity index (χ1n) is 17.4. The molecule has 5 heterocycles. The number of allylic oxidation sites excluding steroid dienone is 2. The summed E-state index contributed by atoms with van der Waals surface area (Å²) in [6, 6.07) is 11.6. The number of aliphatic carboxylic acids is 1. The highest BCUT2D eigenvalue weighted by molar-refractivity contribution is 6.13. The molecule has 3 N–H and O–H groups in total. The second-order valence-corrected chi connectivity index (χ2v) is 14.1. The molecule has 3 aliphatic rings. The van der Waals surface area contributed by atoms with E-state index < -0.39 is 5.97 Å². The number of hydrogen-bond acceptors (Lipinski definition) is 6. The zero-order chi connectivity index (χ0) is 35.6. The Morgan fingerprint density at radius 3 is 2.34 bits per heavy atom. The van der Waals surface area contributed by atoms with E-state index in [1.165, 1.54) is 5.56 Å². The van der Waals surface area contributed by atoms with E-state index in [-0.39, 0.29) is 36.4 Å². The molecule has 50 heavy (non-hydrogen) atoms. The molecule has 9 heteroatoms. The monoisotopic (exact) mass is 670 g/mol. The van der Waals surface area contributed by atoms with Gasteiger partial charge in [-0.2, -0.15) is 0 Å². The van der Waals surface area contributed by atoms with Gasteiger partial charge in [0.2, 0.25) is 0 Å². The van der Waals surface area contributed by atoms with Crippen LogP contribution in [0.3, 0.4) is 0 Å². The van der Waals surface area contributed by atoms with Gasteiger partial charge in [-0.3, -0.25) is 19.4 Å². The van der Waals surface area contributed by atoms with Crippen LogP contribution in [0, 0.1) is 13.8 Å². The number of aromatic amines is 2. The van der Waals surface area contributed by atoms with Crippen LogP contribution < -0.4 is 4.74 Å². The summed E-state index contributed by atoms with van der Waals surface area (Å²) in [7, 11) is 0. The Balaban J connectivity index is 1.70. The average Bonchev–Trinajstić information content (AvgIpc) is 3.83. The highest BCUT2D eigenvalue weighted by Gasteiger charge is 2.37. The van der Waals surface area contributed by atoms with Gasteiger partial charge in [0.1, 0.15) is 5.75 Å². The third kappa shape index (κ3) is 5.27. The van der Waals surface area contributed by atoms with Crippen molar-refractivity contribution in [1.29, 1.82) is 0 Å². The van der Waals surface area contributed by atoms with Gasteiger partial charge >= 0.3 is 5.97 Å². The fourth-order valence-electron chi connectivity index (χ4n) is 8.39. The number of fused-ring (bicyclic) bond motifs is 8. The average molecular weight is 671 g/mol. The molecule has 0 saturated heterocycles. The number of rotatable bonds is 8. The lowest BCUT2D eigenvalue weighted by Crippen LogP contribution is -2.08. The zero-order valence-corrected chi connectivity index (χ0v) is 29.6. The van der Waals surface area contributed by atoms with Gasteiger partial charge in [-0.05, 0) is 97.2 Å². The van der Waals surface area contributed by atoms with Gasteiger partial charge in [-0.15, -0.1) is 0 Å². The van der Waals surface area contributed by atoms with Crippen molar-refractivity contribution in [2.75, 3.05) is 0 Å². The Labute approximate surface area is 290 Å². The van der Waals surface area contributed by atoms with Crippen LogP contribution in [0.2, 0.25) is 0 Å². The topological polar surface area (TPSA) is 138 Å². The Kier molecular flexibility index (Phi) is 8.33. The second-order valence-electron chi connectivity index (χ2n) is 14.1. The van der Waals surface area contributed by atoms with E-state index in [2.05, 4.69) is 63.6 Å². The van der Waals surface area contributed by atoms with Crippen molar-refractivity contribution in [2.24, 2.45) is 0 Å². The fraction of sp³-hybridized carbons (Fsp3) is 0.341. The second kappa shape index (κ2) is 12.5. The van der Waals surface area contributed by atoms with E-state index in [9.17, 15) is 19.5 Å². The molecule has 2 aliphatic heterocycles. The van der Waals surface area contributed by atoms with E-state index in [1.54, 1.807) is 12.1 Å². The lowest BCUT2D eigenvalue weighted by Gasteiger charge is -2.18. The molecule has 0 amide bonds. The van der Waals surface area contributed by atoms with E-state index >= 15 is 0 Å². The summed E-state index contributed by atoms with van der Waals surface area (Å²) in [5.41, 5.74) is 15.5. The van der Waals surface area contributed by atoms with Gasteiger partial charge in [-0.1, -0.05) is 39.8 Å². The first kappa shape index (κ1) is 33.2. The number of aryl methyl sites for hydroxylation is 2. The van der Waals surface area contributed by atoms with Crippen LogP contribution in [-0.2, 0) is 16.0 Å². The molecule has 256 valence electrons. The van der Waals surface area contributed by atoms with Crippen molar-refractivity contribution in [3.8, 4) is 16.9 Å². The molecule has 0 saturated carbocycles. The molecule has 7 rings (SSSR count). The standard InChI is InChI=1S/C41H42N4O5/c1-8-26-20(4)29-17-32-35(19(2)3)23(7)39(44-32)37(24-9-11-25(12-10-24)50-18-46)38-21(5)27(13-14-34(48)49)40(45-38)28-15-33(47)36-22(6)30(43-41(28)36)16-31(26)42-29/h9-12,16-19,21,27,43-44H,8,13-15H2,1-7H3,(H,48,49)/t21-,27-/m0/s1. The molecule has 0 spiro atoms. The summed E-state index contributed by atoms with van der Waals surface area (Å²) in [5, 5.41) is 9.79. The number of carboxylic acids is 1. The number of hydrogen-bond donors (Lipinski definition) is 3. The largest absolute Gasteiger partial charge is 0.481 e. The van der Waals surface area contributed by atoms with Gasteiger partial charge in [0.05, 0.1) is 33.8 Å². The van der Waals surface area contributed by atoms with E-state index in [1.807, 2.05) is 19.1 Å². The summed E-state index contributed by atoms with van der Waals surface area (Å²) in [6.45, 7) is 15.3. The van der Waals surface area contributed by atoms with Gasteiger partial charge in [0.25, 0.3) is 6.47 Å². The van der Waals surface area contributed by atoms with Crippen LogP contribution >= 0.6 is 0 Å². The molecular weight excluding hydrogens is 628 g/mol. The van der Waals surface area contributed by atoms with Crippen molar-refractivity contribution in [3.63, 3.8) is 0 Å². The number of benzene rings is 1. The minimum absolute atomic E-state index is 0.0205. The van der Waals surface area contributed by atoms with Crippen LogP contribution in [0.15, 0.2) is 36.4 Å². The molecule has 1 aliphatic carbocycles. The lowest BCUT2D eigenvalue weighted by molar-refractivity contribution is -0.137. The quantitative estimate of drug-likeness (QED) is 0.159. The molecule has 0 fully saturated rings. The van der Waals surface area contributed by atoms with Crippen molar-refractivity contribution in [1.82, 2.24) is 19.9 Å². The smallest absolute Gasteiger partial charge is 0.303 e. The summed E-state index contributed by atoms with van der Waals surface area (Å²) in [6.07, 6.45) is 1.37. The van der Waals surface area contributed by atoms with Crippen molar-refractivity contribution in [3.05, 3.63) is 87.0 Å². The van der Waals surface area contributed by atoms with Gasteiger partial charge in [0, 0.05) is 52.4 Å². The summed E-state index contributed by atoms with van der Waals surface area (Å²) < 4.78 is 5.13. The number of carbonyl (C=O) groups excluding carboxylic acids is 2. The molecule has 0 radical (unpaired) electrons. The van der Waals surface area contributed by atoms with Crippen LogP contribution in [0.5, 0.6) is 5.75 Å². The maximum atomic E-state index is 13.7. The van der Waals surface area contributed by atoms with Gasteiger partial charge < -0.3 is 19.8 Å². The van der Waals surface area contributed by atoms with Crippen LogP contribution in [0.25, 0.3) is 44.3 Å². The number of nitrogens with zero attached hydrogens (tertiary/aromatic N) is 2. The zero-order valence-electron chi connectivity index (χ0n) is 29.6. The molecule has 1 aromatic carbocycles. The number of aromatic nitrogens is 4. The molecule has 0 unspecified atom stereocenters. The third-order valence-electron chi connectivity index (χ3n) is 10.9. The molecule has 2 atom stereocenters. The van der Waals surface area contributed by atoms with Crippen LogP contribution in [-0.4, -0.2) is 43.3 Å². The predicted octanol–water partition coefficient (Wildman–Crippen LogP) is 9.09. The number of ketones is 1. The van der Waals surface area contributed by atoms with Crippen molar-refractivity contribution in [2.45, 2.75) is 91.9 Å². The van der Waals surface area contributed by atoms with E-state index in [0.717, 1.165) is 90.2 Å². The van der Waals surface area contributed by atoms with Crippen molar-refractivity contribution >= 4 is 51.4 Å². The summed E-state index contributed by atoms with van der Waals surface area (Å²) in [4.78, 5) is 54.8. The normalized spacial score (nSPS) is 16.8. The van der Waals surface area contributed by atoms with E-state index in [0.29, 0.717) is 24.2 Å². The summed E-state index contributed by atoms with van der Waals surface area (Å²) >= 11 is 0. The Morgan fingerprint density at radius 2 is 1.68 bits per heavy atom. The number of carboxylic acid groups (broad SMARTS) is 1. The van der Waals surface area contributed by atoms with Gasteiger partial charge in [0.15, 0.2) is 5.78 Å². The fourth-order valence-corrected chi connectivity index (χ4v) is 8.39. The first-order valence-corrected chi connectivity index (χ1v) is 17.4. The molecule has 3 aromatic heterocycles. The molecule has 4 aromatic rings. The molecular formula is C41H42N4O5. The highest BCUT2D eigenvalue weighted by atomic mass is 16.5. The lowest BCUT2D eigenvalue weighted by atomic mass is 9.83. The third-order valence-corrected chi connectivity index (χ3v) is 10.9. The van der Waals surface area contributed by atoms with Crippen LogP contribution in [0.1, 0.15) is 127 Å². The molecule has 8 bridgehead atoms. The first-order chi connectivity index (χ1) is 23.9. The van der Waals surface area contributed by atoms with Gasteiger partial charge in [-0.25, -0.2) is 4.98 Å². The SMILES string of the molecule is CCC1=C(C)c2cc3[nH]c(c(C)c3C(C)C)c(-c3ccc(OC=O)cc3)c3nc(c4c5[nH]c(cc1n2)c(C)c5C(=O)C4)[C@@H](CCC(=O)O)[C@@H]3C. The number of nitrogens with one attached hydrogen (secondary N) is 2. The Morgan fingerprint density at radius 1 is 0.980 bits per heavy atom. The Hall–Kier alpha value is -5.31. The summed E-state index contributed by atoms with van der Waals surface area (Å²) in [5.74, 6) is -0.619. The van der Waals surface area contributed by atoms with E-state index in [4.69, 9.17) is 14.7 Å². The minimum atomic E-state index is -0.871. The molecule has 9 nitrogen and oxygen atoms in total. The minimum Gasteiger partial charge on any atom is -0.481 e. The number of carbonyl (C=O) groups is 3.